The lowest BCUT2D eigenvalue weighted by Gasteiger charge is -2.11. The van der Waals surface area contributed by atoms with Gasteiger partial charge in [0, 0.05) is 22.0 Å². The maximum Gasteiger partial charge on any atom is 0.296 e. The summed E-state index contributed by atoms with van der Waals surface area (Å²) in [6.45, 7) is 2.84. The first-order valence-corrected chi connectivity index (χ1v) is 16.0. The maximum absolute atomic E-state index is 13.0. The lowest BCUT2D eigenvalue weighted by Crippen LogP contribution is -2.15. The Labute approximate surface area is 249 Å². The van der Waals surface area contributed by atoms with Crippen LogP contribution in [0.5, 0.6) is 0 Å². The second-order valence-corrected chi connectivity index (χ2v) is 13.1. The number of aryl methyl sites for hydroxylation is 1. The Morgan fingerprint density at radius 3 is 2.21 bits per heavy atom. The summed E-state index contributed by atoms with van der Waals surface area (Å²) in [5.41, 5.74) is 1.61. The molecule has 0 atom stereocenters. The number of carbonyl (C=O) groups is 1. The maximum atomic E-state index is 13.0. The van der Waals surface area contributed by atoms with Gasteiger partial charge in [0.1, 0.15) is 20.6 Å². The third-order valence-corrected chi connectivity index (χ3v) is 9.53. The molecule has 0 aliphatic carbocycles. The summed E-state index contributed by atoms with van der Waals surface area (Å²) >= 11 is 1.11. The number of hydrogen-bond acceptors (Lipinski definition) is 10. The molecule has 5 aromatic rings. The van der Waals surface area contributed by atoms with Crippen molar-refractivity contribution in [1.82, 2.24) is 4.98 Å². The Balaban J connectivity index is 1.39. The molecule has 0 saturated carbocycles. The standard InChI is InChI=1S/C28H22N4O8S3/c1-15-9-14-22-25(26(15)43(38,39)40)41-28(30-22)17-10-12-18(13-11-17)31-32-24(16(2)33)27(34)29-21-7-3-6-20-19(21)5-4-8-23(20)42(35,36)37/h3-14,33H,1-2H3,(H,29,34)(H,35,36,37)(H,38,39,40). The zero-order valence-electron chi connectivity index (χ0n) is 22.4. The molecule has 0 aliphatic rings. The predicted molar refractivity (Wildman–Crippen MR) is 162 cm³/mol. The smallest absolute Gasteiger partial charge is 0.296 e. The number of aliphatic hydroxyl groups is 1. The molecule has 220 valence electrons. The molecule has 1 amide bonds. The minimum absolute atomic E-state index is 0.182. The normalized spacial score (nSPS) is 13.0. The molecule has 4 aromatic carbocycles. The van der Waals surface area contributed by atoms with E-state index in [0.717, 1.165) is 11.3 Å². The van der Waals surface area contributed by atoms with Crippen LogP contribution in [0.4, 0.5) is 11.4 Å². The number of carbonyl (C=O) groups excluding carboxylic acids is 1. The van der Waals surface area contributed by atoms with E-state index in [2.05, 4.69) is 20.5 Å². The lowest BCUT2D eigenvalue weighted by molar-refractivity contribution is -0.113. The summed E-state index contributed by atoms with van der Waals surface area (Å²) in [7, 11) is -8.97. The summed E-state index contributed by atoms with van der Waals surface area (Å²) in [6, 6.07) is 18.5. The lowest BCUT2D eigenvalue weighted by atomic mass is 10.1. The molecule has 0 fully saturated rings. The van der Waals surface area contributed by atoms with Crippen molar-refractivity contribution in [3.8, 4) is 10.6 Å². The van der Waals surface area contributed by atoms with Gasteiger partial charge < -0.3 is 10.4 Å². The van der Waals surface area contributed by atoms with Crippen LogP contribution in [0.1, 0.15) is 12.5 Å². The van der Waals surface area contributed by atoms with E-state index < -0.39 is 37.6 Å². The first kappa shape index (κ1) is 29.9. The molecule has 1 aromatic heterocycles. The minimum Gasteiger partial charge on any atom is -0.510 e. The Hall–Kier alpha value is -4.54. The van der Waals surface area contributed by atoms with Gasteiger partial charge in [-0.05, 0) is 61.9 Å². The number of aromatic nitrogens is 1. The van der Waals surface area contributed by atoms with Crippen LogP contribution in [0, 0.1) is 6.92 Å². The van der Waals surface area contributed by atoms with Gasteiger partial charge in [-0.2, -0.15) is 21.9 Å². The Bertz CT molecular complexity index is 2200. The molecule has 0 unspecified atom stereocenters. The average molecular weight is 639 g/mol. The zero-order valence-corrected chi connectivity index (χ0v) is 24.8. The van der Waals surface area contributed by atoms with Gasteiger partial charge in [-0.15, -0.1) is 16.5 Å². The summed E-state index contributed by atoms with van der Waals surface area (Å²) in [6.07, 6.45) is 0. The van der Waals surface area contributed by atoms with Gasteiger partial charge >= 0.3 is 0 Å². The molecular formula is C28H22N4O8S3. The zero-order chi connectivity index (χ0) is 31.1. The highest BCUT2D eigenvalue weighted by Crippen LogP contribution is 2.36. The van der Waals surface area contributed by atoms with Gasteiger partial charge in [-0.25, -0.2) is 4.98 Å². The quantitative estimate of drug-likeness (QED) is 0.0672. The average Bonchev–Trinajstić information content (AvgIpc) is 3.36. The first-order valence-electron chi connectivity index (χ1n) is 12.3. The fraction of sp³-hybridized carbons (Fsp3) is 0.0714. The van der Waals surface area contributed by atoms with Gasteiger partial charge in [0.05, 0.1) is 15.9 Å². The summed E-state index contributed by atoms with van der Waals surface area (Å²) < 4.78 is 66.9. The Kier molecular flexibility index (Phi) is 7.85. The number of anilines is 1. The van der Waals surface area contributed by atoms with Crippen molar-refractivity contribution in [1.29, 1.82) is 0 Å². The number of aliphatic hydroxyl groups excluding tert-OH is 1. The van der Waals surface area contributed by atoms with Crippen molar-refractivity contribution in [2.24, 2.45) is 10.2 Å². The number of thiazole rings is 1. The van der Waals surface area contributed by atoms with Gasteiger partial charge in [-0.3, -0.25) is 13.9 Å². The fourth-order valence-electron chi connectivity index (χ4n) is 4.37. The van der Waals surface area contributed by atoms with Crippen LogP contribution in [-0.4, -0.2) is 41.9 Å². The van der Waals surface area contributed by atoms with E-state index in [0.29, 0.717) is 37.4 Å². The molecule has 0 bridgehead atoms. The van der Waals surface area contributed by atoms with Crippen LogP contribution in [0.3, 0.4) is 0 Å². The van der Waals surface area contributed by atoms with Gasteiger partial charge in [0.2, 0.25) is 0 Å². The van der Waals surface area contributed by atoms with Gasteiger partial charge in [0.25, 0.3) is 26.1 Å². The Morgan fingerprint density at radius 1 is 0.884 bits per heavy atom. The van der Waals surface area contributed by atoms with Crippen LogP contribution in [0.25, 0.3) is 31.6 Å². The molecule has 12 nitrogen and oxygen atoms in total. The van der Waals surface area contributed by atoms with Crippen molar-refractivity contribution >= 4 is 69.8 Å². The number of fused-ring (bicyclic) bond motifs is 2. The third-order valence-electron chi connectivity index (χ3n) is 6.31. The molecule has 15 heteroatoms. The minimum atomic E-state index is -4.51. The molecule has 0 spiro atoms. The summed E-state index contributed by atoms with van der Waals surface area (Å²) in [5, 5.41) is 21.7. The second-order valence-electron chi connectivity index (χ2n) is 9.32. The van der Waals surface area contributed by atoms with E-state index in [4.69, 9.17) is 0 Å². The summed E-state index contributed by atoms with van der Waals surface area (Å²) in [5.74, 6) is -1.24. The largest absolute Gasteiger partial charge is 0.510 e. The van der Waals surface area contributed by atoms with Crippen molar-refractivity contribution in [3.05, 3.63) is 89.8 Å². The van der Waals surface area contributed by atoms with E-state index in [1.807, 2.05) is 0 Å². The molecule has 0 radical (unpaired) electrons. The van der Waals surface area contributed by atoms with E-state index in [1.165, 1.54) is 37.3 Å². The number of amides is 1. The van der Waals surface area contributed by atoms with E-state index in [1.54, 1.807) is 49.4 Å². The first-order chi connectivity index (χ1) is 20.2. The number of hydrogen-bond donors (Lipinski definition) is 4. The van der Waals surface area contributed by atoms with Gasteiger partial charge in [0.15, 0.2) is 5.70 Å². The van der Waals surface area contributed by atoms with Crippen LogP contribution >= 0.6 is 11.3 Å². The van der Waals surface area contributed by atoms with Crippen LogP contribution in [-0.2, 0) is 25.0 Å². The van der Waals surface area contributed by atoms with Crippen molar-refractivity contribution in [2.45, 2.75) is 23.6 Å². The Morgan fingerprint density at radius 2 is 1.56 bits per heavy atom. The van der Waals surface area contributed by atoms with Crippen LogP contribution in [0.2, 0.25) is 0 Å². The van der Waals surface area contributed by atoms with Crippen LogP contribution in [0.15, 0.2) is 104 Å². The number of nitrogens with one attached hydrogen (secondary N) is 1. The number of azo groups is 1. The molecule has 5 rings (SSSR count). The summed E-state index contributed by atoms with van der Waals surface area (Å²) in [4.78, 5) is 17.0. The highest BCUT2D eigenvalue weighted by atomic mass is 32.2. The van der Waals surface area contributed by atoms with Crippen molar-refractivity contribution < 1.29 is 35.8 Å². The number of rotatable bonds is 7. The molecule has 43 heavy (non-hydrogen) atoms. The molecule has 0 saturated heterocycles. The van der Waals surface area contributed by atoms with E-state index in [9.17, 15) is 35.8 Å². The SMILES string of the molecule is CC(O)=C(N=Nc1ccc(-c2nc3ccc(C)c(S(=O)(=O)O)c3s2)cc1)C(=O)Nc1cccc2c(S(=O)(=O)O)cccc12. The second kappa shape index (κ2) is 11.3. The molecule has 1 heterocycles. The highest BCUT2D eigenvalue weighted by molar-refractivity contribution is 7.86. The molecule has 4 N–H and O–H groups in total. The van der Waals surface area contributed by atoms with Gasteiger partial charge in [-0.1, -0.05) is 30.3 Å². The topological polar surface area (TPSA) is 196 Å². The monoisotopic (exact) mass is 638 g/mol. The number of benzene rings is 4. The fourth-order valence-corrected chi connectivity index (χ4v) is 7.39. The third kappa shape index (κ3) is 6.16. The van der Waals surface area contributed by atoms with E-state index in [-0.39, 0.29) is 20.9 Å². The van der Waals surface area contributed by atoms with Crippen molar-refractivity contribution in [3.63, 3.8) is 0 Å². The predicted octanol–water partition coefficient (Wildman–Crippen LogP) is 6.43. The van der Waals surface area contributed by atoms with E-state index >= 15 is 0 Å². The van der Waals surface area contributed by atoms with Crippen molar-refractivity contribution in [2.75, 3.05) is 5.32 Å². The number of allylic oxidation sites excluding steroid dienone is 1. The highest BCUT2D eigenvalue weighted by Gasteiger charge is 2.21. The number of nitrogens with zero attached hydrogens (tertiary/aromatic N) is 3. The molecular weight excluding hydrogens is 617 g/mol. The van der Waals surface area contributed by atoms with Crippen LogP contribution < -0.4 is 5.32 Å². The molecule has 0 aliphatic heterocycles.